The van der Waals surface area contributed by atoms with Gasteiger partial charge >= 0.3 is 0 Å². The Kier molecular flexibility index (Phi) is 5.16. The van der Waals surface area contributed by atoms with E-state index in [0.717, 1.165) is 43.3 Å². The maximum Gasteiger partial charge on any atom is 0.275 e. The van der Waals surface area contributed by atoms with Crippen molar-refractivity contribution < 1.29 is 4.79 Å². The van der Waals surface area contributed by atoms with Gasteiger partial charge in [-0.25, -0.2) is 4.98 Å². The topological polar surface area (TPSA) is 79.6 Å². The monoisotopic (exact) mass is 389 g/mol. The molecule has 8 heteroatoms. The Labute approximate surface area is 162 Å². The van der Waals surface area contributed by atoms with E-state index in [0.29, 0.717) is 23.2 Å². The quantitative estimate of drug-likeness (QED) is 0.872. The van der Waals surface area contributed by atoms with E-state index < -0.39 is 0 Å². The molecule has 3 heterocycles. The maximum absolute atomic E-state index is 12.8. The molecule has 4 rings (SSSR count). The summed E-state index contributed by atoms with van der Waals surface area (Å²) in [7, 11) is 0. The molecular formula is C19H27N5O2S. The van der Waals surface area contributed by atoms with E-state index in [-0.39, 0.29) is 17.4 Å². The van der Waals surface area contributed by atoms with Crippen LogP contribution in [0.4, 0.5) is 5.13 Å². The highest BCUT2D eigenvalue weighted by Gasteiger charge is 2.30. The number of hydrogen-bond acceptors (Lipinski definition) is 6. The first kappa shape index (κ1) is 18.4. The van der Waals surface area contributed by atoms with Crippen LogP contribution in [0.1, 0.15) is 51.1 Å². The van der Waals surface area contributed by atoms with Gasteiger partial charge in [-0.15, -0.1) is 5.10 Å². The number of aromatic nitrogens is 3. The third-order valence-corrected chi connectivity index (χ3v) is 6.76. The Balaban J connectivity index is 1.44. The molecule has 146 valence electrons. The van der Waals surface area contributed by atoms with Crippen molar-refractivity contribution in [3.05, 3.63) is 22.1 Å². The van der Waals surface area contributed by atoms with Crippen LogP contribution in [-0.2, 0) is 4.79 Å². The second kappa shape index (κ2) is 7.58. The molecule has 0 radical (unpaired) electrons. The highest BCUT2D eigenvalue weighted by atomic mass is 32.1. The number of amides is 1. The molecule has 1 saturated carbocycles. The largest absolute Gasteiger partial charge is 0.353 e. The molecule has 1 N–H and O–H groups in total. The molecule has 1 atom stereocenters. The number of piperidine rings is 1. The van der Waals surface area contributed by atoms with Crippen molar-refractivity contribution in [1.82, 2.24) is 19.9 Å². The molecule has 1 saturated heterocycles. The van der Waals surface area contributed by atoms with Gasteiger partial charge in [0.1, 0.15) is 0 Å². The lowest BCUT2D eigenvalue weighted by Crippen LogP contribution is -2.46. The standard InChI is InChI=1S/C19H27N5O2S/c1-12-5-7-15(8-6-12)21-17(26)14-4-3-9-23(11-14)19-22-24-16(25)10-13(2)20-18(24)27-19/h10,12,14-15H,3-9,11H2,1-2H3,(H,21,26)/t12?,14-,15?/m1/s1. The number of anilines is 1. The number of hydrogen-bond donors (Lipinski definition) is 1. The van der Waals surface area contributed by atoms with Crippen molar-refractivity contribution >= 4 is 27.3 Å². The lowest BCUT2D eigenvalue weighted by Gasteiger charge is -2.33. The van der Waals surface area contributed by atoms with Gasteiger partial charge in [-0.3, -0.25) is 9.59 Å². The highest BCUT2D eigenvalue weighted by Crippen LogP contribution is 2.28. The molecule has 1 amide bonds. The van der Waals surface area contributed by atoms with Crippen LogP contribution < -0.4 is 15.8 Å². The van der Waals surface area contributed by atoms with Crippen molar-refractivity contribution in [2.24, 2.45) is 11.8 Å². The average molecular weight is 390 g/mol. The lowest BCUT2D eigenvalue weighted by atomic mass is 9.87. The molecule has 7 nitrogen and oxygen atoms in total. The fraction of sp³-hybridized carbons (Fsp3) is 0.684. The summed E-state index contributed by atoms with van der Waals surface area (Å²) in [5, 5.41) is 8.50. The SMILES string of the molecule is Cc1cc(=O)n2nc(N3CCC[C@@H](C(=O)NC4CCC(C)CC4)C3)sc2n1. The van der Waals surface area contributed by atoms with E-state index in [4.69, 9.17) is 0 Å². The summed E-state index contributed by atoms with van der Waals surface area (Å²) in [4.78, 5) is 32.0. The van der Waals surface area contributed by atoms with Crippen LogP contribution in [0.25, 0.3) is 4.96 Å². The van der Waals surface area contributed by atoms with Gasteiger partial charge in [0.25, 0.3) is 5.56 Å². The molecule has 0 unspecified atom stereocenters. The number of carbonyl (C=O) groups excluding carboxylic acids is 1. The minimum Gasteiger partial charge on any atom is -0.353 e. The van der Waals surface area contributed by atoms with Gasteiger partial charge in [-0.05, 0) is 51.4 Å². The van der Waals surface area contributed by atoms with Gasteiger partial charge in [0.2, 0.25) is 16.0 Å². The molecule has 0 bridgehead atoms. The van der Waals surface area contributed by atoms with Crippen LogP contribution in [0.15, 0.2) is 10.9 Å². The molecule has 2 aromatic heterocycles. The predicted molar refractivity (Wildman–Crippen MR) is 106 cm³/mol. The summed E-state index contributed by atoms with van der Waals surface area (Å²) in [6.45, 7) is 5.62. The molecule has 0 aromatic carbocycles. The first-order valence-corrected chi connectivity index (χ1v) is 10.7. The maximum atomic E-state index is 12.8. The van der Waals surface area contributed by atoms with Crippen LogP contribution in [0.5, 0.6) is 0 Å². The Morgan fingerprint density at radius 2 is 2.04 bits per heavy atom. The van der Waals surface area contributed by atoms with Crippen LogP contribution in [0, 0.1) is 18.8 Å². The van der Waals surface area contributed by atoms with E-state index in [9.17, 15) is 9.59 Å². The van der Waals surface area contributed by atoms with Gasteiger partial charge in [-0.1, -0.05) is 18.3 Å². The van der Waals surface area contributed by atoms with E-state index in [1.165, 1.54) is 34.8 Å². The van der Waals surface area contributed by atoms with Gasteiger partial charge in [0.05, 0.1) is 5.92 Å². The summed E-state index contributed by atoms with van der Waals surface area (Å²) < 4.78 is 1.36. The number of nitrogens with one attached hydrogen (secondary N) is 1. The zero-order valence-corrected chi connectivity index (χ0v) is 16.8. The number of nitrogens with zero attached hydrogens (tertiary/aromatic N) is 4. The number of carbonyl (C=O) groups is 1. The summed E-state index contributed by atoms with van der Waals surface area (Å²) in [5.74, 6) is 0.936. The molecule has 2 fully saturated rings. The third kappa shape index (κ3) is 4.00. The minimum atomic E-state index is -0.155. The summed E-state index contributed by atoms with van der Waals surface area (Å²) in [5.41, 5.74) is 0.547. The number of rotatable bonds is 3. The molecule has 2 aliphatic rings. The molecule has 2 aromatic rings. The van der Waals surface area contributed by atoms with E-state index in [1.54, 1.807) is 0 Å². The average Bonchev–Trinajstić information content (AvgIpc) is 3.08. The third-order valence-electron chi connectivity index (χ3n) is 5.79. The van der Waals surface area contributed by atoms with Crippen molar-refractivity contribution in [3.8, 4) is 0 Å². The van der Waals surface area contributed by atoms with Crippen molar-refractivity contribution in [2.75, 3.05) is 18.0 Å². The fourth-order valence-corrected chi connectivity index (χ4v) is 5.11. The Morgan fingerprint density at radius 3 is 2.81 bits per heavy atom. The summed E-state index contributed by atoms with van der Waals surface area (Å²) >= 11 is 1.42. The Hall–Kier alpha value is -1.96. The van der Waals surface area contributed by atoms with Crippen LogP contribution >= 0.6 is 11.3 Å². The molecular weight excluding hydrogens is 362 g/mol. The van der Waals surface area contributed by atoms with Crippen molar-refractivity contribution in [3.63, 3.8) is 0 Å². The van der Waals surface area contributed by atoms with Crippen LogP contribution in [0.2, 0.25) is 0 Å². The highest BCUT2D eigenvalue weighted by molar-refractivity contribution is 7.20. The molecule has 27 heavy (non-hydrogen) atoms. The van der Waals surface area contributed by atoms with E-state index in [2.05, 4.69) is 27.2 Å². The number of aryl methyl sites for hydroxylation is 1. The second-order valence-corrected chi connectivity index (χ2v) is 9.00. The van der Waals surface area contributed by atoms with Crippen LogP contribution in [0.3, 0.4) is 0 Å². The minimum absolute atomic E-state index is 0.0171. The van der Waals surface area contributed by atoms with Crippen LogP contribution in [-0.4, -0.2) is 39.6 Å². The van der Waals surface area contributed by atoms with Gasteiger partial charge in [0, 0.05) is 30.9 Å². The van der Waals surface area contributed by atoms with Gasteiger partial charge < -0.3 is 10.2 Å². The van der Waals surface area contributed by atoms with E-state index in [1.807, 2.05) is 6.92 Å². The lowest BCUT2D eigenvalue weighted by molar-refractivity contribution is -0.126. The summed E-state index contributed by atoms with van der Waals surface area (Å²) in [6.07, 6.45) is 6.46. The normalized spacial score (nSPS) is 26.3. The molecule has 1 aliphatic carbocycles. The van der Waals surface area contributed by atoms with E-state index >= 15 is 0 Å². The zero-order chi connectivity index (χ0) is 19.0. The molecule has 1 aliphatic heterocycles. The second-order valence-electron chi connectivity index (χ2n) is 8.07. The number of fused-ring (bicyclic) bond motifs is 1. The smallest absolute Gasteiger partial charge is 0.275 e. The first-order chi connectivity index (χ1) is 13.0. The van der Waals surface area contributed by atoms with Crippen molar-refractivity contribution in [1.29, 1.82) is 0 Å². The zero-order valence-electron chi connectivity index (χ0n) is 16.0. The van der Waals surface area contributed by atoms with Crippen molar-refractivity contribution in [2.45, 2.75) is 58.4 Å². The Morgan fingerprint density at radius 1 is 1.26 bits per heavy atom. The van der Waals surface area contributed by atoms with Gasteiger partial charge in [0.15, 0.2) is 0 Å². The summed E-state index contributed by atoms with van der Waals surface area (Å²) in [6, 6.07) is 1.82. The molecule has 0 spiro atoms. The first-order valence-electron chi connectivity index (χ1n) is 9.92. The Bertz CT molecular complexity index is 884. The fourth-order valence-electron chi connectivity index (χ4n) is 4.13. The van der Waals surface area contributed by atoms with Gasteiger partial charge in [-0.2, -0.15) is 4.52 Å². The predicted octanol–water partition coefficient (Wildman–Crippen LogP) is 2.37.